The smallest absolute Gasteiger partial charge is 0.322 e. The van der Waals surface area contributed by atoms with Crippen LogP contribution in [-0.2, 0) is 17.6 Å². The molecule has 0 fully saturated rings. The van der Waals surface area contributed by atoms with Crippen LogP contribution in [-0.4, -0.2) is 24.2 Å². The summed E-state index contributed by atoms with van der Waals surface area (Å²) in [5.41, 5.74) is 1.44. The Labute approximate surface area is 168 Å². The van der Waals surface area contributed by atoms with Gasteiger partial charge in [-0.25, -0.2) is 0 Å². The molecule has 2 amide bonds. The van der Waals surface area contributed by atoms with Crippen molar-refractivity contribution >= 4 is 45.6 Å². The number of carbonyl (C=O) groups is 2. The summed E-state index contributed by atoms with van der Waals surface area (Å²) in [6.07, 6.45) is 1.01. The van der Waals surface area contributed by atoms with E-state index in [4.69, 9.17) is 0 Å². The molecule has 2 aromatic rings. The number of rotatable bonds is 4. The molecule has 0 saturated carbocycles. The Morgan fingerprint density at radius 3 is 2.36 bits per heavy atom. The first-order valence-electron chi connectivity index (χ1n) is 8.77. The molecule has 0 saturated heterocycles. The molecule has 0 spiro atoms. The van der Waals surface area contributed by atoms with Crippen molar-refractivity contribution in [2.45, 2.75) is 43.2 Å². The van der Waals surface area contributed by atoms with E-state index in [1.807, 2.05) is 23.7 Å². The third-order valence-corrected chi connectivity index (χ3v) is 6.43. The average molecular weight is 429 g/mol. The molecule has 0 atom stereocenters. The molecule has 2 N–H and O–H groups in total. The van der Waals surface area contributed by atoms with Crippen molar-refractivity contribution in [2.24, 2.45) is 0 Å². The minimum Gasteiger partial charge on any atom is -0.322 e. The lowest BCUT2D eigenvalue weighted by Crippen LogP contribution is -2.30. The molecule has 9 heteroatoms. The van der Waals surface area contributed by atoms with Crippen molar-refractivity contribution in [3.63, 3.8) is 0 Å². The van der Waals surface area contributed by atoms with E-state index >= 15 is 0 Å². The van der Waals surface area contributed by atoms with E-state index in [0.717, 1.165) is 45.9 Å². The van der Waals surface area contributed by atoms with Crippen LogP contribution >= 0.6 is 23.1 Å². The fourth-order valence-electron chi connectivity index (χ4n) is 3.11. The van der Waals surface area contributed by atoms with Crippen LogP contribution < -0.4 is 10.6 Å². The average Bonchev–Trinajstić information content (AvgIpc) is 2.82. The van der Waals surface area contributed by atoms with E-state index in [1.165, 1.54) is 0 Å². The molecule has 0 unspecified atom stereocenters. The van der Waals surface area contributed by atoms with Gasteiger partial charge in [-0.2, -0.15) is 13.2 Å². The first kappa shape index (κ1) is 20.7. The fraction of sp³-hybridized carbons (Fsp3) is 0.368. The maximum atomic E-state index is 12.9. The third-order valence-electron chi connectivity index (χ3n) is 4.48. The summed E-state index contributed by atoms with van der Waals surface area (Å²) >= 11 is 2.63. The van der Waals surface area contributed by atoms with Crippen molar-refractivity contribution in [3.8, 4) is 0 Å². The van der Waals surface area contributed by atoms with Crippen molar-refractivity contribution in [1.82, 2.24) is 0 Å². The second-order valence-corrected chi connectivity index (χ2v) is 8.39. The quantitative estimate of drug-likeness (QED) is 0.500. The van der Waals surface area contributed by atoms with Gasteiger partial charge in [0.25, 0.3) is 5.91 Å². The summed E-state index contributed by atoms with van der Waals surface area (Å²) in [5, 5.41) is 4.61. The molecule has 3 rings (SSSR count). The van der Waals surface area contributed by atoms with Crippen LogP contribution in [0.2, 0.25) is 0 Å². The number of hydrogen-bond acceptors (Lipinski definition) is 4. The second kappa shape index (κ2) is 8.57. The van der Waals surface area contributed by atoms with Crippen molar-refractivity contribution in [3.05, 3.63) is 40.3 Å². The summed E-state index contributed by atoms with van der Waals surface area (Å²) in [6.45, 7) is 0. The van der Waals surface area contributed by atoms with E-state index in [1.54, 1.807) is 23.9 Å². The molecule has 1 aliphatic carbocycles. The Morgan fingerprint density at radius 1 is 1.04 bits per heavy atom. The summed E-state index contributed by atoms with van der Waals surface area (Å²) in [6, 6.07) is 7.17. The van der Waals surface area contributed by atoms with Crippen LogP contribution in [0.1, 0.15) is 40.1 Å². The molecular formula is C19H19F3N2O2S2. The Kier molecular flexibility index (Phi) is 6.34. The van der Waals surface area contributed by atoms with Crippen molar-refractivity contribution < 1.29 is 22.8 Å². The summed E-state index contributed by atoms with van der Waals surface area (Å²) in [5.74, 6) is -2.57. The molecule has 1 heterocycles. The van der Waals surface area contributed by atoms with Gasteiger partial charge in [-0.15, -0.1) is 23.1 Å². The monoisotopic (exact) mass is 428 g/mol. The first-order valence-corrected chi connectivity index (χ1v) is 10.8. The zero-order valence-electron chi connectivity index (χ0n) is 15.1. The highest BCUT2D eigenvalue weighted by Crippen LogP contribution is 2.38. The van der Waals surface area contributed by atoms with Crippen molar-refractivity contribution in [1.29, 1.82) is 0 Å². The van der Waals surface area contributed by atoms with Crippen LogP contribution in [0.25, 0.3) is 0 Å². The van der Waals surface area contributed by atoms with Gasteiger partial charge in [0.05, 0.1) is 5.56 Å². The van der Waals surface area contributed by atoms with E-state index in [0.29, 0.717) is 18.5 Å². The molecule has 0 bridgehead atoms. The number of aryl methyl sites for hydroxylation is 1. The number of halogens is 3. The third kappa shape index (κ3) is 4.70. The molecule has 28 heavy (non-hydrogen) atoms. The summed E-state index contributed by atoms with van der Waals surface area (Å²) in [7, 11) is 0. The molecule has 1 aromatic carbocycles. The zero-order chi connectivity index (χ0) is 20.3. The lowest BCUT2D eigenvalue weighted by Gasteiger charge is -2.11. The van der Waals surface area contributed by atoms with Gasteiger partial charge in [0.15, 0.2) is 0 Å². The number of hydrogen-bond donors (Lipinski definition) is 2. The minimum absolute atomic E-state index is 0.0348. The van der Waals surface area contributed by atoms with Gasteiger partial charge in [0, 0.05) is 15.5 Å². The number of thiophene rings is 1. The van der Waals surface area contributed by atoms with E-state index < -0.39 is 18.0 Å². The number of thioether (sulfide) groups is 1. The molecule has 1 aromatic heterocycles. The Balaban J connectivity index is 1.92. The van der Waals surface area contributed by atoms with Gasteiger partial charge in [-0.05, 0) is 61.8 Å². The number of benzene rings is 1. The highest BCUT2D eigenvalue weighted by atomic mass is 32.2. The van der Waals surface area contributed by atoms with Crippen molar-refractivity contribution in [2.75, 3.05) is 16.9 Å². The lowest BCUT2D eigenvalue weighted by molar-refractivity contribution is -0.167. The van der Waals surface area contributed by atoms with E-state index in [-0.39, 0.29) is 10.6 Å². The largest absolute Gasteiger partial charge is 0.471 e. The Morgan fingerprint density at radius 2 is 1.71 bits per heavy atom. The first-order chi connectivity index (χ1) is 13.3. The van der Waals surface area contributed by atoms with Gasteiger partial charge in [0.1, 0.15) is 5.00 Å². The van der Waals surface area contributed by atoms with Crippen LogP contribution in [0, 0.1) is 0 Å². The number of nitrogens with one attached hydrogen (secondary N) is 2. The second-order valence-electron chi connectivity index (χ2n) is 6.40. The molecule has 0 radical (unpaired) electrons. The lowest BCUT2D eigenvalue weighted by atomic mass is 10.0. The van der Waals surface area contributed by atoms with Gasteiger partial charge >= 0.3 is 12.1 Å². The fourth-order valence-corrected chi connectivity index (χ4v) is 4.80. The van der Waals surface area contributed by atoms with Gasteiger partial charge in [-0.3, -0.25) is 9.59 Å². The number of amides is 2. The molecule has 4 nitrogen and oxygen atoms in total. The number of fused-ring (bicyclic) bond motifs is 1. The number of anilines is 2. The number of alkyl halides is 3. The maximum Gasteiger partial charge on any atom is 0.471 e. The van der Waals surface area contributed by atoms with E-state index in [2.05, 4.69) is 5.32 Å². The predicted octanol–water partition coefficient (Wildman–Crippen LogP) is 5.49. The van der Waals surface area contributed by atoms with E-state index in [9.17, 15) is 22.8 Å². The maximum absolute atomic E-state index is 12.9. The summed E-state index contributed by atoms with van der Waals surface area (Å²) < 4.78 is 38.2. The Bertz CT molecular complexity index is 877. The topological polar surface area (TPSA) is 58.2 Å². The Hall–Kier alpha value is -2.00. The van der Waals surface area contributed by atoms with Gasteiger partial charge in [-0.1, -0.05) is 6.42 Å². The molecule has 0 aliphatic heterocycles. The molecule has 1 aliphatic rings. The predicted molar refractivity (Wildman–Crippen MR) is 106 cm³/mol. The SMILES string of the molecule is CSc1ccc(NC(=O)c2c(NC(=O)C(F)(F)F)sc3c2CCCCC3)cc1. The number of carbonyl (C=O) groups excluding carboxylic acids is 2. The highest BCUT2D eigenvalue weighted by Gasteiger charge is 2.40. The van der Waals surface area contributed by atoms with Gasteiger partial charge < -0.3 is 10.6 Å². The standard InChI is InChI=1S/C19H19F3N2O2S2/c1-27-12-9-7-11(8-10-12)23-16(25)15-13-5-3-2-4-6-14(13)28-17(15)24-18(26)19(20,21)22/h7-10H,2-6H2,1H3,(H,23,25)(H,24,26). The zero-order valence-corrected chi connectivity index (χ0v) is 16.7. The van der Waals surface area contributed by atoms with Crippen LogP contribution in [0.15, 0.2) is 29.2 Å². The molecular weight excluding hydrogens is 409 g/mol. The van der Waals surface area contributed by atoms with Crippen LogP contribution in [0.5, 0.6) is 0 Å². The van der Waals surface area contributed by atoms with Crippen LogP contribution in [0.4, 0.5) is 23.9 Å². The highest BCUT2D eigenvalue weighted by molar-refractivity contribution is 7.98. The van der Waals surface area contributed by atoms with Crippen LogP contribution in [0.3, 0.4) is 0 Å². The van der Waals surface area contributed by atoms with Gasteiger partial charge in [0.2, 0.25) is 0 Å². The normalized spacial score (nSPS) is 14.1. The molecule has 150 valence electrons. The minimum atomic E-state index is -5.01. The summed E-state index contributed by atoms with van der Waals surface area (Å²) in [4.78, 5) is 26.3.